The molecule has 0 atom stereocenters. The van der Waals surface area contributed by atoms with E-state index in [-0.39, 0.29) is 0 Å². The molecule has 1 rings (SSSR count). The Kier molecular flexibility index (Phi) is 3.82. The van der Waals surface area contributed by atoms with Crippen molar-refractivity contribution in [2.24, 2.45) is 0 Å². The number of halogens is 7. The van der Waals surface area contributed by atoms with Gasteiger partial charge in [0.25, 0.3) is 0 Å². The highest BCUT2D eigenvalue weighted by Crippen LogP contribution is 2.36. The van der Waals surface area contributed by atoms with Gasteiger partial charge in [0.2, 0.25) is 0 Å². The van der Waals surface area contributed by atoms with Crippen molar-refractivity contribution >= 4 is 34.8 Å². The van der Waals surface area contributed by atoms with Crippen molar-refractivity contribution < 1.29 is 22.3 Å². The van der Waals surface area contributed by atoms with E-state index in [9.17, 15) is 17.6 Å². The zero-order valence-electron chi connectivity index (χ0n) is 7.29. The average molecular weight is 297 g/mol. The molecule has 0 fully saturated rings. The Morgan fingerprint density at radius 2 is 1.62 bits per heavy atom. The minimum absolute atomic E-state index is 0.414. The van der Waals surface area contributed by atoms with Gasteiger partial charge >= 0.3 is 10.2 Å². The van der Waals surface area contributed by atoms with Gasteiger partial charge in [-0.3, -0.25) is 0 Å². The maximum Gasteiger partial charge on any atom is 0.416 e. The minimum Gasteiger partial charge on any atom is -0.442 e. The topological polar surface area (TPSA) is 9.23 Å². The van der Waals surface area contributed by atoms with Crippen LogP contribution in [0.1, 0.15) is 5.56 Å². The van der Waals surface area contributed by atoms with Crippen molar-refractivity contribution in [3.8, 4) is 5.75 Å². The molecule has 0 radical (unpaired) electrons. The summed E-state index contributed by atoms with van der Waals surface area (Å²) in [6.07, 6.45) is -4.63. The summed E-state index contributed by atoms with van der Waals surface area (Å²) in [5.74, 6) is -1.84. The van der Waals surface area contributed by atoms with Crippen LogP contribution in [-0.4, -0.2) is 3.98 Å². The first-order valence-corrected chi connectivity index (χ1v) is 4.85. The molecule has 0 aromatic heterocycles. The lowest BCUT2D eigenvalue weighted by molar-refractivity contribution is -0.137. The van der Waals surface area contributed by atoms with Crippen molar-refractivity contribution in [3.05, 3.63) is 29.6 Å². The highest BCUT2D eigenvalue weighted by molar-refractivity contribution is 6.66. The third-order valence-corrected chi connectivity index (χ3v) is 1.72. The second kappa shape index (κ2) is 4.47. The molecule has 0 amide bonds. The van der Waals surface area contributed by atoms with Crippen LogP contribution in [0.5, 0.6) is 5.75 Å². The third kappa shape index (κ3) is 3.88. The van der Waals surface area contributed by atoms with Crippen molar-refractivity contribution in [1.82, 2.24) is 0 Å². The standard InChI is InChI=1S/C8H3Cl3F4O/c9-8(10,11)16-6-3-4(7(13,14)15)1-2-5(6)12/h1-3H. The molecule has 1 aromatic rings. The fraction of sp³-hybridized carbons (Fsp3) is 0.250. The lowest BCUT2D eigenvalue weighted by atomic mass is 10.2. The van der Waals surface area contributed by atoms with Gasteiger partial charge in [0, 0.05) is 0 Å². The molecule has 0 aliphatic rings. The summed E-state index contributed by atoms with van der Waals surface area (Å²) >= 11 is 15.5. The van der Waals surface area contributed by atoms with Crippen LogP contribution in [0.3, 0.4) is 0 Å². The van der Waals surface area contributed by atoms with Gasteiger partial charge in [-0.25, -0.2) is 4.39 Å². The first kappa shape index (κ1) is 13.7. The summed E-state index contributed by atoms with van der Waals surface area (Å²) < 4.78 is 51.8. The van der Waals surface area contributed by atoms with Crippen molar-refractivity contribution in [1.29, 1.82) is 0 Å². The quantitative estimate of drug-likeness (QED) is 0.546. The van der Waals surface area contributed by atoms with Gasteiger partial charge in [-0.15, -0.1) is 0 Å². The second-order valence-electron chi connectivity index (χ2n) is 2.69. The normalized spacial score (nSPS) is 12.7. The van der Waals surface area contributed by atoms with E-state index in [2.05, 4.69) is 4.74 Å². The van der Waals surface area contributed by atoms with Crippen LogP contribution in [0.25, 0.3) is 0 Å². The molecule has 0 aliphatic carbocycles. The minimum atomic E-state index is -4.63. The fourth-order valence-corrected chi connectivity index (χ4v) is 1.13. The Morgan fingerprint density at radius 3 is 2.06 bits per heavy atom. The summed E-state index contributed by atoms with van der Waals surface area (Å²) in [7, 11) is 0. The predicted octanol–water partition coefficient (Wildman–Crippen LogP) is 4.55. The summed E-state index contributed by atoms with van der Waals surface area (Å²) in [5.41, 5.74) is -1.10. The fourth-order valence-electron chi connectivity index (χ4n) is 0.883. The van der Waals surface area contributed by atoms with Crippen molar-refractivity contribution in [2.75, 3.05) is 0 Å². The maximum atomic E-state index is 13.0. The molecule has 1 nitrogen and oxygen atoms in total. The smallest absolute Gasteiger partial charge is 0.416 e. The van der Waals surface area contributed by atoms with Crippen LogP contribution in [0.15, 0.2) is 18.2 Å². The molecule has 0 N–H and O–H groups in total. The van der Waals surface area contributed by atoms with Crippen LogP contribution >= 0.6 is 34.8 Å². The third-order valence-electron chi connectivity index (χ3n) is 1.48. The first-order chi connectivity index (χ1) is 7.09. The number of hydrogen-bond donors (Lipinski definition) is 0. The Balaban J connectivity index is 3.10. The molecule has 90 valence electrons. The number of rotatable bonds is 1. The zero-order valence-corrected chi connectivity index (χ0v) is 9.55. The summed E-state index contributed by atoms with van der Waals surface area (Å²) in [6, 6.07) is 1.55. The molecule has 0 spiro atoms. The molecule has 1 aromatic carbocycles. The SMILES string of the molecule is Fc1ccc(C(F)(F)F)cc1OC(Cl)(Cl)Cl. The van der Waals surface area contributed by atoms with Gasteiger partial charge in [0.15, 0.2) is 11.6 Å². The van der Waals surface area contributed by atoms with E-state index in [0.717, 1.165) is 0 Å². The van der Waals surface area contributed by atoms with E-state index < -0.39 is 27.3 Å². The zero-order chi connectivity index (χ0) is 12.6. The average Bonchev–Trinajstić information content (AvgIpc) is 2.04. The largest absolute Gasteiger partial charge is 0.442 e. The summed E-state index contributed by atoms with van der Waals surface area (Å²) in [5, 5.41) is 0. The maximum absolute atomic E-state index is 13.0. The molecule has 0 unspecified atom stereocenters. The Bertz CT molecular complexity index is 386. The molecule has 0 saturated heterocycles. The van der Waals surface area contributed by atoms with Gasteiger partial charge in [0.05, 0.1) is 5.56 Å². The van der Waals surface area contributed by atoms with Gasteiger partial charge in [-0.2, -0.15) is 13.2 Å². The van der Waals surface area contributed by atoms with E-state index in [0.29, 0.717) is 18.2 Å². The van der Waals surface area contributed by atoms with E-state index in [1.165, 1.54) is 0 Å². The van der Waals surface area contributed by atoms with Crippen LogP contribution in [0, 0.1) is 5.82 Å². The lowest BCUT2D eigenvalue weighted by Gasteiger charge is -2.15. The van der Waals surface area contributed by atoms with Crippen LogP contribution in [0.4, 0.5) is 17.6 Å². The molecule has 16 heavy (non-hydrogen) atoms. The highest BCUT2D eigenvalue weighted by atomic mass is 35.6. The number of hydrogen-bond acceptors (Lipinski definition) is 1. The van der Waals surface area contributed by atoms with Crippen LogP contribution in [-0.2, 0) is 6.18 Å². The van der Waals surface area contributed by atoms with Crippen molar-refractivity contribution in [2.45, 2.75) is 10.2 Å². The van der Waals surface area contributed by atoms with Gasteiger partial charge < -0.3 is 4.74 Å². The molecular formula is C8H3Cl3F4O. The van der Waals surface area contributed by atoms with E-state index >= 15 is 0 Å². The van der Waals surface area contributed by atoms with Gasteiger partial charge in [-0.05, 0) is 53.0 Å². The number of benzene rings is 1. The Hall–Kier alpha value is -0.390. The van der Waals surface area contributed by atoms with E-state index in [4.69, 9.17) is 34.8 Å². The van der Waals surface area contributed by atoms with Gasteiger partial charge in [-0.1, -0.05) is 0 Å². The van der Waals surface area contributed by atoms with Crippen LogP contribution in [0.2, 0.25) is 0 Å². The van der Waals surface area contributed by atoms with Crippen LogP contribution < -0.4 is 4.74 Å². The summed E-state index contributed by atoms with van der Waals surface area (Å²) in [6.45, 7) is 0. The molecular weight excluding hydrogens is 294 g/mol. The second-order valence-corrected chi connectivity index (χ2v) is 4.87. The van der Waals surface area contributed by atoms with Gasteiger partial charge in [0.1, 0.15) is 0 Å². The molecule has 0 saturated carbocycles. The van der Waals surface area contributed by atoms with E-state index in [1.807, 2.05) is 0 Å². The Labute approximate surface area is 103 Å². The molecule has 8 heteroatoms. The summed E-state index contributed by atoms with van der Waals surface area (Å²) in [4.78, 5) is 0. The molecule has 0 aliphatic heterocycles. The van der Waals surface area contributed by atoms with E-state index in [1.54, 1.807) is 0 Å². The predicted molar refractivity (Wildman–Crippen MR) is 52.3 cm³/mol. The number of ether oxygens (including phenoxy) is 1. The molecule has 0 heterocycles. The monoisotopic (exact) mass is 296 g/mol. The Morgan fingerprint density at radius 1 is 1.06 bits per heavy atom. The highest BCUT2D eigenvalue weighted by Gasteiger charge is 2.32. The molecule has 0 bridgehead atoms. The van der Waals surface area contributed by atoms with Crippen molar-refractivity contribution in [3.63, 3.8) is 0 Å². The first-order valence-electron chi connectivity index (χ1n) is 3.72. The lowest BCUT2D eigenvalue weighted by Crippen LogP contribution is -2.14. The number of alkyl halides is 6.